The Bertz CT molecular complexity index is 25.0. The Morgan fingerprint density at radius 1 is 2.00 bits per heavy atom. The molecule has 0 aliphatic rings. The van der Waals surface area contributed by atoms with Gasteiger partial charge in [0.15, 0.2) is 0 Å². The summed E-state index contributed by atoms with van der Waals surface area (Å²) in [5.74, 6) is 0. The fourth-order valence-corrected chi connectivity index (χ4v) is 0. The summed E-state index contributed by atoms with van der Waals surface area (Å²) in [6.45, 7) is 3.00. The van der Waals surface area contributed by atoms with E-state index in [1.54, 1.807) is 0 Å². The summed E-state index contributed by atoms with van der Waals surface area (Å²) in [7, 11) is 0. The van der Waals surface area contributed by atoms with Crippen molar-refractivity contribution >= 4 is 0 Å². The van der Waals surface area contributed by atoms with Crippen LogP contribution in [0.2, 0.25) is 0 Å². The molecule has 0 saturated carbocycles. The monoisotopic (exact) mass is 55.0 g/mol. The fraction of sp³-hybridized carbons (Fsp3) is 0. The summed E-state index contributed by atoms with van der Waals surface area (Å²) in [6, 6.07) is 0. The molecule has 2 heteroatoms. The largest absolute Gasteiger partial charge is 0.204 e. The lowest BCUT2D eigenvalue weighted by molar-refractivity contribution is 1.12. The maximum absolute atomic E-state index is 5.90. The molecule has 0 spiro atoms. The van der Waals surface area contributed by atoms with E-state index in [1.165, 1.54) is 0 Å². The number of nitrogens with zero attached hydrogens (tertiary/aromatic N) is 1. The molecule has 0 bridgehead atoms. The van der Waals surface area contributed by atoms with Crippen molar-refractivity contribution < 1.29 is 0 Å². The van der Waals surface area contributed by atoms with E-state index in [0.717, 1.165) is 0 Å². The van der Waals surface area contributed by atoms with Crippen molar-refractivity contribution in [3.8, 4) is 0 Å². The van der Waals surface area contributed by atoms with Gasteiger partial charge in [-0.05, 0) is 0 Å². The van der Waals surface area contributed by atoms with Crippen molar-refractivity contribution in [2.24, 2.45) is 5.11 Å². The molecule has 0 aromatic rings. The number of nitrogens with one attached hydrogen (secondary N) is 1. The lowest BCUT2D eigenvalue weighted by Crippen LogP contribution is -1.24. The molecule has 0 heterocycles. The molecule has 0 saturated heterocycles. The molecule has 0 aromatic carbocycles. The van der Waals surface area contributed by atoms with E-state index < -0.39 is 0 Å². The van der Waals surface area contributed by atoms with E-state index in [0.29, 0.717) is 0 Å². The standard InChI is InChI=1S/C2H3N2/c1-2-4-3/h3H,1H2. The van der Waals surface area contributed by atoms with E-state index in [-0.39, 0.29) is 0 Å². The summed E-state index contributed by atoms with van der Waals surface area (Å²) < 4.78 is 0. The molecule has 0 aliphatic carbocycles. The van der Waals surface area contributed by atoms with Gasteiger partial charge >= 0.3 is 0 Å². The molecule has 21 valence electrons. The minimum atomic E-state index is 1.97. The Hall–Kier alpha value is -0.660. The number of hydrogen-bond acceptors (Lipinski definition) is 2. The van der Waals surface area contributed by atoms with Crippen LogP contribution in [0.25, 0.3) is 0 Å². The zero-order valence-electron chi connectivity index (χ0n) is 2.15. The Kier molecular flexibility index (Phi) is 1.95. The maximum Gasteiger partial charge on any atom is 0.105 e. The highest BCUT2D eigenvalue weighted by Crippen LogP contribution is 1.50. The Morgan fingerprint density at radius 2 is 2.25 bits per heavy atom. The fourth-order valence-electron chi connectivity index (χ4n) is 0. The summed E-state index contributed by atoms with van der Waals surface area (Å²) in [4.78, 5) is 0. The Balaban J connectivity index is 2.73. The first kappa shape index (κ1) is 3.34. The molecule has 0 rings (SSSR count). The SMILES string of the molecule is C=[C]N=N. The molecule has 1 radical (unpaired) electrons. The first-order chi connectivity index (χ1) is 1.91. The third kappa shape index (κ3) is 1.34. The molecule has 2 nitrogen and oxygen atoms in total. The average molecular weight is 55.1 g/mol. The van der Waals surface area contributed by atoms with Crippen LogP contribution >= 0.6 is 0 Å². The topological polar surface area (TPSA) is 36.2 Å². The van der Waals surface area contributed by atoms with Crippen LogP contribution in [0.5, 0.6) is 0 Å². The van der Waals surface area contributed by atoms with Crippen LogP contribution in [0.1, 0.15) is 0 Å². The van der Waals surface area contributed by atoms with Gasteiger partial charge in [-0.3, -0.25) is 0 Å². The smallest absolute Gasteiger partial charge is 0.105 e. The van der Waals surface area contributed by atoms with Gasteiger partial charge in [-0.2, -0.15) is 5.11 Å². The van der Waals surface area contributed by atoms with E-state index in [1.807, 2.05) is 6.20 Å². The van der Waals surface area contributed by atoms with Gasteiger partial charge in [0.05, 0.1) is 0 Å². The van der Waals surface area contributed by atoms with Crippen LogP contribution in [0.15, 0.2) is 11.7 Å². The normalized spacial score (nSPS) is 5.00. The van der Waals surface area contributed by atoms with Gasteiger partial charge in [-0.1, -0.05) is 6.58 Å². The second-order valence-electron chi connectivity index (χ2n) is 0.270. The Morgan fingerprint density at radius 3 is 2.25 bits per heavy atom. The van der Waals surface area contributed by atoms with Crippen LogP contribution in [0.3, 0.4) is 0 Å². The van der Waals surface area contributed by atoms with E-state index >= 15 is 0 Å². The molecule has 0 fully saturated rings. The van der Waals surface area contributed by atoms with Crippen LogP contribution in [0, 0.1) is 11.7 Å². The highest BCUT2D eigenvalue weighted by molar-refractivity contribution is 4.38. The van der Waals surface area contributed by atoms with Gasteiger partial charge in [-0.15, -0.1) is 0 Å². The highest BCUT2D eigenvalue weighted by Gasteiger charge is 1.33. The minimum Gasteiger partial charge on any atom is -0.204 e. The molecule has 0 unspecified atom stereocenters. The molecule has 4 heavy (non-hydrogen) atoms. The van der Waals surface area contributed by atoms with Gasteiger partial charge in [0.2, 0.25) is 0 Å². The van der Waals surface area contributed by atoms with Crippen LogP contribution in [-0.4, -0.2) is 0 Å². The van der Waals surface area contributed by atoms with E-state index in [4.69, 9.17) is 5.53 Å². The quantitative estimate of drug-likeness (QED) is 0.434. The first-order valence-corrected chi connectivity index (χ1v) is 0.801. The van der Waals surface area contributed by atoms with Crippen molar-refractivity contribution in [2.75, 3.05) is 0 Å². The zero-order chi connectivity index (χ0) is 3.41. The van der Waals surface area contributed by atoms with E-state index in [2.05, 4.69) is 11.7 Å². The summed E-state index contributed by atoms with van der Waals surface area (Å²) in [5.41, 5.74) is 5.90. The highest BCUT2D eigenvalue weighted by atomic mass is 14.9. The van der Waals surface area contributed by atoms with Crippen LogP contribution in [0.4, 0.5) is 0 Å². The van der Waals surface area contributed by atoms with Crippen molar-refractivity contribution in [3.05, 3.63) is 12.8 Å². The minimum absolute atomic E-state index is 1.97. The predicted molar refractivity (Wildman–Crippen MR) is 14.0 cm³/mol. The second-order valence-corrected chi connectivity index (χ2v) is 0.270. The van der Waals surface area contributed by atoms with Crippen LogP contribution in [-0.2, 0) is 0 Å². The van der Waals surface area contributed by atoms with Gasteiger partial charge in [0.25, 0.3) is 0 Å². The lowest BCUT2D eigenvalue weighted by atomic mass is 11.1. The Labute approximate surface area is 24.7 Å². The third-order valence-corrected chi connectivity index (χ3v) is 0.0791. The van der Waals surface area contributed by atoms with Crippen molar-refractivity contribution in [2.45, 2.75) is 0 Å². The first-order valence-electron chi connectivity index (χ1n) is 0.801. The summed E-state index contributed by atoms with van der Waals surface area (Å²) in [5, 5.41) is 2.62. The number of rotatable bonds is 1. The van der Waals surface area contributed by atoms with E-state index in [9.17, 15) is 0 Å². The van der Waals surface area contributed by atoms with Gasteiger partial charge in [0.1, 0.15) is 6.20 Å². The van der Waals surface area contributed by atoms with Gasteiger partial charge < -0.3 is 0 Å². The summed E-state index contributed by atoms with van der Waals surface area (Å²) >= 11 is 0. The van der Waals surface area contributed by atoms with Gasteiger partial charge in [-0.25, -0.2) is 5.53 Å². The van der Waals surface area contributed by atoms with Crippen LogP contribution < -0.4 is 0 Å². The predicted octanol–water partition coefficient (Wildman–Crippen LogP) is 0.964. The van der Waals surface area contributed by atoms with Crippen molar-refractivity contribution in [1.82, 2.24) is 0 Å². The maximum atomic E-state index is 5.90. The zero-order valence-corrected chi connectivity index (χ0v) is 2.15. The molecule has 1 N–H and O–H groups in total. The molecule has 0 amide bonds. The molecule has 0 atom stereocenters. The molecule has 0 aromatic heterocycles. The molecular weight excluding hydrogens is 52.0 g/mol. The second kappa shape index (κ2) is 2.34. The van der Waals surface area contributed by atoms with Gasteiger partial charge in [0, 0.05) is 0 Å². The van der Waals surface area contributed by atoms with Crippen molar-refractivity contribution in [1.29, 1.82) is 5.53 Å². The molecular formula is C2H3N2. The average Bonchev–Trinajstić information content (AvgIpc) is 1.37. The number of hydrogen-bond donors (Lipinski definition) is 1. The van der Waals surface area contributed by atoms with Crippen molar-refractivity contribution in [3.63, 3.8) is 0 Å². The third-order valence-electron chi connectivity index (χ3n) is 0.0791. The lowest BCUT2D eigenvalue weighted by Gasteiger charge is -1.43. The summed E-state index contributed by atoms with van der Waals surface area (Å²) in [6.07, 6.45) is 1.97. The molecule has 0 aliphatic heterocycles.